The molecule has 1 aromatic heterocycles. The SMILES string of the molecule is CCC(CCN)N1CCCN(c2ncccc2C)CC1. The molecule has 1 atom stereocenters. The van der Waals surface area contributed by atoms with E-state index in [-0.39, 0.29) is 0 Å². The van der Waals surface area contributed by atoms with E-state index >= 15 is 0 Å². The molecule has 0 aliphatic carbocycles. The molecule has 1 aromatic rings. The van der Waals surface area contributed by atoms with Crippen molar-refractivity contribution in [1.82, 2.24) is 9.88 Å². The highest BCUT2D eigenvalue weighted by atomic mass is 15.3. The number of hydrogen-bond donors (Lipinski definition) is 1. The highest BCUT2D eigenvalue weighted by molar-refractivity contribution is 5.45. The predicted molar refractivity (Wildman–Crippen MR) is 85.1 cm³/mol. The summed E-state index contributed by atoms with van der Waals surface area (Å²) in [5.74, 6) is 1.15. The molecule has 1 unspecified atom stereocenters. The molecule has 0 amide bonds. The smallest absolute Gasteiger partial charge is 0.131 e. The van der Waals surface area contributed by atoms with Gasteiger partial charge in [-0.15, -0.1) is 0 Å². The second kappa shape index (κ2) is 7.60. The lowest BCUT2D eigenvalue weighted by atomic mass is 10.1. The van der Waals surface area contributed by atoms with Crippen LogP contribution in [0.4, 0.5) is 5.82 Å². The summed E-state index contributed by atoms with van der Waals surface area (Å²) in [5.41, 5.74) is 7.01. The monoisotopic (exact) mass is 276 g/mol. The maximum absolute atomic E-state index is 5.74. The molecule has 0 spiro atoms. The second-order valence-electron chi connectivity index (χ2n) is 5.66. The van der Waals surface area contributed by atoms with Gasteiger partial charge < -0.3 is 10.6 Å². The van der Waals surface area contributed by atoms with E-state index in [0.717, 1.165) is 38.4 Å². The van der Waals surface area contributed by atoms with Crippen LogP contribution in [0.1, 0.15) is 31.7 Å². The van der Waals surface area contributed by atoms with Crippen molar-refractivity contribution in [3.8, 4) is 0 Å². The largest absolute Gasteiger partial charge is 0.355 e. The quantitative estimate of drug-likeness (QED) is 0.894. The van der Waals surface area contributed by atoms with Gasteiger partial charge in [0.15, 0.2) is 0 Å². The average molecular weight is 276 g/mol. The molecule has 0 radical (unpaired) electrons. The van der Waals surface area contributed by atoms with Gasteiger partial charge in [-0.1, -0.05) is 13.0 Å². The maximum atomic E-state index is 5.74. The van der Waals surface area contributed by atoms with E-state index in [1.807, 2.05) is 12.3 Å². The minimum Gasteiger partial charge on any atom is -0.355 e. The first-order valence-electron chi connectivity index (χ1n) is 7.87. The van der Waals surface area contributed by atoms with Crippen molar-refractivity contribution in [3.63, 3.8) is 0 Å². The fourth-order valence-electron chi connectivity index (χ4n) is 3.16. The lowest BCUT2D eigenvalue weighted by Gasteiger charge is -2.30. The van der Waals surface area contributed by atoms with E-state index in [1.165, 1.54) is 24.9 Å². The van der Waals surface area contributed by atoms with E-state index in [1.54, 1.807) is 0 Å². The molecule has 0 bridgehead atoms. The van der Waals surface area contributed by atoms with Gasteiger partial charge in [0.1, 0.15) is 5.82 Å². The molecule has 112 valence electrons. The third-order valence-electron chi connectivity index (χ3n) is 4.30. The van der Waals surface area contributed by atoms with E-state index in [2.05, 4.69) is 34.7 Å². The summed E-state index contributed by atoms with van der Waals surface area (Å²) >= 11 is 0. The Morgan fingerprint density at radius 2 is 2.15 bits per heavy atom. The first-order chi connectivity index (χ1) is 9.76. The van der Waals surface area contributed by atoms with Crippen LogP contribution in [0.15, 0.2) is 18.3 Å². The van der Waals surface area contributed by atoms with Crippen LogP contribution < -0.4 is 10.6 Å². The number of nitrogens with zero attached hydrogens (tertiary/aromatic N) is 3. The summed E-state index contributed by atoms with van der Waals surface area (Å²) < 4.78 is 0. The maximum Gasteiger partial charge on any atom is 0.131 e. The summed E-state index contributed by atoms with van der Waals surface area (Å²) in [4.78, 5) is 9.61. The molecule has 2 rings (SSSR count). The van der Waals surface area contributed by atoms with E-state index in [4.69, 9.17) is 5.73 Å². The first-order valence-corrected chi connectivity index (χ1v) is 7.87. The van der Waals surface area contributed by atoms with Gasteiger partial charge in [0.05, 0.1) is 0 Å². The van der Waals surface area contributed by atoms with Crippen molar-refractivity contribution in [1.29, 1.82) is 0 Å². The van der Waals surface area contributed by atoms with Gasteiger partial charge in [-0.2, -0.15) is 0 Å². The Bertz CT molecular complexity index is 407. The number of aromatic nitrogens is 1. The zero-order valence-corrected chi connectivity index (χ0v) is 12.9. The summed E-state index contributed by atoms with van der Waals surface area (Å²) in [7, 11) is 0. The van der Waals surface area contributed by atoms with Gasteiger partial charge in [-0.05, 0) is 44.4 Å². The van der Waals surface area contributed by atoms with Crippen molar-refractivity contribution < 1.29 is 0 Å². The van der Waals surface area contributed by atoms with Gasteiger partial charge in [0, 0.05) is 38.4 Å². The molecule has 1 aliphatic rings. The Hall–Kier alpha value is -1.13. The summed E-state index contributed by atoms with van der Waals surface area (Å²) in [6.45, 7) is 9.68. The number of hydrogen-bond acceptors (Lipinski definition) is 4. The Kier molecular flexibility index (Phi) is 5.80. The summed E-state index contributed by atoms with van der Waals surface area (Å²) in [5, 5.41) is 0. The fourth-order valence-corrected chi connectivity index (χ4v) is 3.16. The molecule has 0 saturated carbocycles. The van der Waals surface area contributed by atoms with Gasteiger partial charge in [-0.25, -0.2) is 4.98 Å². The molecule has 2 N–H and O–H groups in total. The molecule has 1 saturated heterocycles. The number of anilines is 1. The standard InChI is InChI=1S/C16H28N4/c1-3-15(7-8-17)19-10-5-11-20(13-12-19)16-14(2)6-4-9-18-16/h4,6,9,15H,3,5,7-8,10-13,17H2,1-2H3. The van der Waals surface area contributed by atoms with Gasteiger partial charge in [-0.3, -0.25) is 4.90 Å². The van der Waals surface area contributed by atoms with Crippen molar-refractivity contribution >= 4 is 5.82 Å². The van der Waals surface area contributed by atoms with Crippen LogP contribution in [-0.2, 0) is 0 Å². The van der Waals surface area contributed by atoms with E-state index < -0.39 is 0 Å². The Balaban J connectivity index is 2.00. The Morgan fingerprint density at radius 1 is 1.30 bits per heavy atom. The molecule has 1 aliphatic heterocycles. The van der Waals surface area contributed by atoms with Crippen LogP contribution in [-0.4, -0.2) is 48.6 Å². The predicted octanol–water partition coefficient (Wildman–Crippen LogP) is 2.03. The van der Waals surface area contributed by atoms with E-state index in [9.17, 15) is 0 Å². The van der Waals surface area contributed by atoms with E-state index in [0.29, 0.717) is 6.04 Å². The molecular weight excluding hydrogens is 248 g/mol. The molecule has 2 heterocycles. The topological polar surface area (TPSA) is 45.4 Å². The zero-order valence-electron chi connectivity index (χ0n) is 12.9. The fraction of sp³-hybridized carbons (Fsp3) is 0.688. The summed E-state index contributed by atoms with van der Waals surface area (Å²) in [6.07, 6.45) is 5.41. The lowest BCUT2D eigenvalue weighted by Crippen LogP contribution is -2.39. The zero-order chi connectivity index (χ0) is 14.4. The highest BCUT2D eigenvalue weighted by Gasteiger charge is 2.21. The summed E-state index contributed by atoms with van der Waals surface area (Å²) in [6, 6.07) is 4.80. The minimum atomic E-state index is 0.643. The molecule has 4 nitrogen and oxygen atoms in total. The molecule has 1 fully saturated rings. The number of nitrogens with two attached hydrogens (primary N) is 1. The van der Waals surface area contributed by atoms with Crippen molar-refractivity contribution in [2.75, 3.05) is 37.6 Å². The Morgan fingerprint density at radius 3 is 2.85 bits per heavy atom. The third kappa shape index (κ3) is 3.70. The Labute approximate surface area is 123 Å². The third-order valence-corrected chi connectivity index (χ3v) is 4.30. The van der Waals surface area contributed by atoms with Gasteiger partial charge >= 0.3 is 0 Å². The van der Waals surface area contributed by atoms with Crippen molar-refractivity contribution in [2.24, 2.45) is 5.73 Å². The number of pyridine rings is 1. The number of rotatable bonds is 5. The minimum absolute atomic E-state index is 0.643. The van der Waals surface area contributed by atoms with Crippen molar-refractivity contribution in [3.05, 3.63) is 23.9 Å². The van der Waals surface area contributed by atoms with Crippen LogP contribution in [0.2, 0.25) is 0 Å². The van der Waals surface area contributed by atoms with Crippen LogP contribution in [0.5, 0.6) is 0 Å². The molecule has 4 heteroatoms. The lowest BCUT2D eigenvalue weighted by molar-refractivity contribution is 0.196. The van der Waals surface area contributed by atoms with Crippen LogP contribution >= 0.6 is 0 Å². The second-order valence-corrected chi connectivity index (χ2v) is 5.66. The number of aryl methyl sites for hydroxylation is 1. The van der Waals surface area contributed by atoms with Crippen LogP contribution in [0.25, 0.3) is 0 Å². The first kappa shape index (κ1) is 15.3. The van der Waals surface area contributed by atoms with Crippen LogP contribution in [0, 0.1) is 6.92 Å². The molecule has 20 heavy (non-hydrogen) atoms. The highest BCUT2D eigenvalue weighted by Crippen LogP contribution is 2.19. The normalized spacial score (nSPS) is 18.9. The van der Waals surface area contributed by atoms with Gasteiger partial charge in [0.2, 0.25) is 0 Å². The van der Waals surface area contributed by atoms with Crippen LogP contribution in [0.3, 0.4) is 0 Å². The average Bonchev–Trinajstić information content (AvgIpc) is 2.71. The van der Waals surface area contributed by atoms with Gasteiger partial charge in [0.25, 0.3) is 0 Å². The molecule has 0 aromatic carbocycles. The van der Waals surface area contributed by atoms with Crippen molar-refractivity contribution in [2.45, 2.75) is 39.2 Å². The molecular formula is C16H28N4.